The van der Waals surface area contributed by atoms with Crippen LogP contribution in [0, 0.1) is 0 Å². The second-order valence-electron chi connectivity index (χ2n) is 5.71. The van der Waals surface area contributed by atoms with Gasteiger partial charge in [-0.2, -0.15) is 0 Å². The predicted octanol–water partition coefficient (Wildman–Crippen LogP) is 3.63. The van der Waals surface area contributed by atoms with Gasteiger partial charge in [0, 0.05) is 16.3 Å². The molecular formula is C17H22N2S. The Balaban J connectivity index is 1.76. The van der Waals surface area contributed by atoms with Crippen LogP contribution >= 0.6 is 11.3 Å². The number of hydrogen-bond donors (Lipinski definition) is 2. The van der Waals surface area contributed by atoms with E-state index in [4.69, 9.17) is 5.84 Å². The molecule has 106 valence electrons. The van der Waals surface area contributed by atoms with E-state index in [2.05, 4.69) is 53.3 Å². The summed E-state index contributed by atoms with van der Waals surface area (Å²) in [6.45, 7) is 0. The molecule has 3 rings (SSSR count). The Bertz CT molecular complexity index is 517. The van der Waals surface area contributed by atoms with Crippen molar-refractivity contribution in [2.45, 2.75) is 43.6 Å². The highest BCUT2D eigenvalue weighted by atomic mass is 32.1. The molecule has 2 aromatic rings. The largest absolute Gasteiger partial charge is 0.271 e. The molecule has 0 bridgehead atoms. The van der Waals surface area contributed by atoms with Gasteiger partial charge in [0.1, 0.15) is 0 Å². The third kappa shape index (κ3) is 2.53. The quantitative estimate of drug-likeness (QED) is 0.628. The number of nitrogens with one attached hydrogen (secondary N) is 1. The van der Waals surface area contributed by atoms with Gasteiger partial charge in [-0.3, -0.25) is 11.3 Å². The van der Waals surface area contributed by atoms with E-state index in [9.17, 15) is 0 Å². The average molecular weight is 286 g/mol. The van der Waals surface area contributed by atoms with Crippen molar-refractivity contribution >= 4 is 11.3 Å². The molecule has 1 aromatic carbocycles. The molecule has 1 fully saturated rings. The van der Waals surface area contributed by atoms with Crippen LogP contribution in [-0.2, 0) is 11.8 Å². The SMILES string of the molecule is NNC(CCc1cccs1)C1(c2ccccc2)CCC1. The van der Waals surface area contributed by atoms with Crippen LogP contribution in [0.5, 0.6) is 0 Å². The standard InChI is InChI=1S/C17H22N2S/c18-19-16(10-9-15-8-4-13-20-15)17(11-5-12-17)14-6-2-1-3-7-14/h1-4,6-8,13,16,19H,5,9-12,18H2. The van der Waals surface area contributed by atoms with E-state index in [1.165, 1.54) is 29.7 Å². The van der Waals surface area contributed by atoms with Crippen LogP contribution in [0.15, 0.2) is 47.8 Å². The van der Waals surface area contributed by atoms with Crippen LogP contribution in [0.25, 0.3) is 0 Å². The second kappa shape index (κ2) is 6.08. The molecule has 2 nitrogen and oxygen atoms in total. The van der Waals surface area contributed by atoms with Gasteiger partial charge < -0.3 is 0 Å². The van der Waals surface area contributed by atoms with Gasteiger partial charge in [-0.15, -0.1) is 11.3 Å². The zero-order valence-corrected chi connectivity index (χ0v) is 12.5. The summed E-state index contributed by atoms with van der Waals surface area (Å²) in [5.41, 5.74) is 4.80. The summed E-state index contributed by atoms with van der Waals surface area (Å²) < 4.78 is 0. The van der Waals surface area contributed by atoms with Gasteiger partial charge in [0.25, 0.3) is 0 Å². The zero-order valence-electron chi connectivity index (χ0n) is 11.7. The van der Waals surface area contributed by atoms with Gasteiger partial charge in [-0.05, 0) is 42.7 Å². The van der Waals surface area contributed by atoms with Crippen LogP contribution in [0.3, 0.4) is 0 Å². The van der Waals surface area contributed by atoms with Crippen LogP contribution in [-0.4, -0.2) is 6.04 Å². The molecule has 1 atom stereocenters. The van der Waals surface area contributed by atoms with Gasteiger partial charge in [0.15, 0.2) is 0 Å². The fourth-order valence-corrected chi connectivity index (χ4v) is 4.15. The summed E-state index contributed by atoms with van der Waals surface area (Å²) in [4.78, 5) is 1.45. The third-order valence-corrected chi connectivity index (χ3v) is 5.66. The molecule has 20 heavy (non-hydrogen) atoms. The molecule has 1 aromatic heterocycles. The van der Waals surface area contributed by atoms with E-state index in [1.54, 1.807) is 0 Å². The molecular weight excluding hydrogens is 264 g/mol. The minimum Gasteiger partial charge on any atom is -0.271 e. The summed E-state index contributed by atoms with van der Waals surface area (Å²) >= 11 is 1.84. The minimum atomic E-state index is 0.243. The van der Waals surface area contributed by atoms with Gasteiger partial charge >= 0.3 is 0 Å². The summed E-state index contributed by atoms with van der Waals surface area (Å²) in [5.74, 6) is 5.90. The normalized spacial score (nSPS) is 18.4. The maximum Gasteiger partial charge on any atom is 0.0310 e. The number of aryl methyl sites for hydroxylation is 1. The minimum absolute atomic E-state index is 0.243. The first-order valence-corrected chi connectivity index (χ1v) is 8.27. The molecule has 1 aliphatic rings. The Labute approximate surface area is 125 Å². The molecule has 3 N–H and O–H groups in total. The molecule has 0 saturated heterocycles. The molecule has 1 heterocycles. The highest BCUT2D eigenvalue weighted by Crippen LogP contribution is 2.47. The lowest BCUT2D eigenvalue weighted by molar-refractivity contribution is 0.162. The van der Waals surface area contributed by atoms with Crippen molar-refractivity contribution in [3.8, 4) is 0 Å². The van der Waals surface area contributed by atoms with Crippen LogP contribution in [0.1, 0.15) is 36.1 Å². The maximum atomic E-state index is 5.90. The lowest BCUT2D eigenvalue weighted by Crippen LogP contribution is -2.55. The second-order valence-corrected chi connectivity index (χ2v) is 6.75. The maximum absolute atomic E-state index is 5.90. The number of benzene rings is 1. The van der Waals surface area contributed by atoms with Crippen molar-refractivity contribution in [3.05, 3.63) is 58.3 Å². The third-order valence-electron chi connectivity index (χ3n) is 4.72. The topological polar surface area (TPSA) is 38.0 Å². The van der Waals surface area contributed by atoms with Crippen molar-refractivity contribution in [3.63, 3.8) is 0 Å². The van der Waals surface area contributed by atoms with Crippen molar-refractivity contribution < 1.29 is 0 Å². The summed E-state index contributed by atoms with van der Waals surface area (Å²) in [6, 6.07) is 15.6. The van der Waals surface area contributed by atoms with E-state index in [0.29, 0.717) is 6.04 Å². The molecule has 0 spiro atoms. The number of thiophene rings is 1. The smallest absolute Gasteiger partial charge is 0.0310 e. The van der Waals surface area contributed by atoms with E-state index < -0.39 is 0 Å². The Morgan fingerprint density at radius 3 is 2.50 bits per heavy atom. The average Bonchev–Trinajstić information content (AvgIpc) is 2.95. The molecule has 1 saturated carbocycles. The monoisotopic (exact) mass is 286 g/mol. The van der Waals surface area contributed by atoms with Crippen molar-refractivity contribution in [1.82, 2.24) is 5.43 Å². The summed E-state index contributed by atoms with van der Waals surface area (Å²) in [6.07, 6.45) is 6.02. The molecule has 0 radical (unpaired) electrons. The predicted molar refractivity (Wildman–Crippen MR) is 85.7 cm³/mol. The van der Waals surface area contributed by atoms with Gasteiger partial charge in [0.05, 0.1) is 0 Å². The molecule has 1 aliphatic carbocycles. The fourth-order valence-electron chi connectivity index (χ4n) is 3.43. The Kier molecular flexibility index (Phi) is 4.20. The fraction of sp³-hybridized carbons (Fsp3) is 0.412. The first kappa shape index (κ1) is 13.8. The van der Waals surface area contributed by atoms with E-state index >= 15 is 0 Å². The number of nitrogens with two attached hydrogens (primary N) is 1. The van der Waals surface area contributed by atoms with Gasteiger partial charge in [-0.1, -0.05) is 42.8 Å². The van der Waals surface area contributed by atoms with Crippen molar-refractivity contribution in [2.75, 3.05) is 0 Å². The lowest BCUT2D eigenvalue weighted by atomic mass is 9.59. The first-order chi connectivity index (χ1) is 9.85. The van der Waals surface area contributed by atoms with Crippen LogP contribution in [0.2, 0.25) is 0 Å². The lowest BCUT2D eigenvalue weighted by Gasteiger charge is -2.48. The Morgan fingerprint density at radius 1 is 1.15 bits per heavy atom. The molecule has 1 unspecified atom stereocenters. The van der Waals surface area contributed by atoms with E-state index in [1.807, 2.05) is 11.3 Å². The molecule has 0 amide bonds. The van der Waals surface area contributed by atoms with Gasteiger partial charge in [0.2, 0.25) is 0 Å². The number of hydrogen-bond acceptors (Lipinski definition) is 3. The van der Waals surface area contributed by atoms with Crippen molar-refractivity contribution in [1.29, 1.82) is 0 Å². The first-order valence-electron chi connectivity index (χ1n) is 7.39. The van der Waals surface area contributed by atoms with Crippen molar-refractivity contribution in [2.24, 2.45) is 5.84 Å². The van der Waals surface area contributed by atoms with Crippen LogP contribution < -0.4 is 11.3 Å². The Morgan fingerprint density at radius 2 is 1.95 bits per heavy atom. The summed E-state index contributed by atoms with van der Waals surface area (Å²) in [5, 5.41) is 2.15. The van der Waals surface area contributed by atoms with E-state index in [-0.39, 0.29) is 5.41 Å². The number of hydrazine groups is 1. The van der Waals surface area contributed by atoms with Crippen LogP contribution in [0.4, 0.5) is 0 Å². The highest BCUT2D eigenvalue weighted by molar-refractivity contribution is 7.09. The van der Waals surface area contributed by atoms with E-state index in [0.717, 1.165) is 12.8 Å². The zero-order chi connectivity index (χ0) is 13.8. The van der Waals surface area contributed by atoms with Gasteiger partial charge in [-0.25, -0.2) is 0 Å². The molecule has 3 heteroatoms. The summed E-state index contributed by atoms with van der Waals surface area (Å²) in [7, 11) is 0. The Hall–Kier alpha value is -1.16. The number of rotatable bonds is 6. The molecule has 0 aliphatic heterocycles. The highest BCUT2D eigenvalue weighted by Gasteiger charge is 2.44.